The zero-order valence-electron chi connectivity index (χ0n) is 6.54. The Morgan fingerprint density at radius 2 is 2.45 bits per heavy atom. The first kappa shape index (κ1) is 7.10. The maximum atomic E-state index is 10.9. The monoisotopic (exact) mass is 156 g/mol. The summed E-state index contributed by atoms with van der Waals surface area (Å²) in [5, 5.41) is 9.30. The third kappa shape index (κ3) is 0.948. The molecule has 0 amide bonds. The number of aliphatic hydroxyl groups excluding tert-OH is 1. The van der Waals surface area contributed by atoms with Crippen molar-refractivity contribution in [2.45, 2.75) is 37.9 Å². The Balaban J connectivity index is 2.19. The second kappa shape index (κ2) is 1.97. The summed E-state index contributed by atoms with van der Waals surface area (Å²) in [6.45, 7) is 1.92. The van der Waals surface area contributed by atoms with Crippen LogP contribution in [0.25, 0.3) is 0 Å². The van der Waals surface area contributed by atoms with Crippen LogP contribution in [-0.2, 0) is 9.53 Å². The van der Waals surface area contributed by atoms with E-state index in [0.29, 0.717) is 12.8 Å². The quantitative estimate of drug-likeness (QED) is 0.518. The van der Waals surface area contributed by atoms with Gasteiger partial charge in [-0.3, -0.25) is 4.79 Å². The molecule has 0 aromatic heterocycles. The summed E-state index contributed by atoms with van der Waals surface area (Å²) in [7, 11) is 0. The molecule has 0 aromatic rings. The molecule has 3 heteroatoms. The fourth-order valence-electron chi connectivity index (χ4n) is 2.22. The van der Waals surface area contributed by atoms with Gasteiger partial charge < -0.3 is 9.84 Å². The molecule has 0 radical (unpaired) electrons. The summed E-state index contributed by atoms with van der Waals surface area (Å²) in [6.07, 6.45) is 1.57. The van der Waals surface area contributed by atoms with Crippen molar-refractivity contribution in [2.24, 2.45) is 5.92 Å². The highest BCUT2D eigenvalue weighted by Gasteiger charge is 2.51. The Morgan fingerprint density at radius 1 is 1.73 bits per heavy atom. The van der Waals surface area contributed by atoms with E-state index in [9.17, 15) is 9.90 Å². The van der Waals surface area contributed by atoms with Crippen molar-refractivity contribution in [1.82, 2.24) is 0 Å². The maximum absolute atomic E-state index is 10.9. The largest absolute Gasteiger partial charge is 0.459 e. The molecule has 3 unspecified atom stereocenters. The van der Waals surface area contributed by atoms with Crippen LogP contribution in [0.4, 0.5) is 0 Å². The molecular weight excluding hydrogens is 144 g/mol. The van der Waals surface area contributed by atoms with E-state index >= 15 is 0 Å². The van der Waals surface area contributed by atoms with Crippen molar-refractivity contribution in [2.75, 3.05) is 0 Å². The summed E-state index contributed by atoms with van der Waals surface area (Å²) in [5.41, 5.74) is -0.351. The molecule has 3 atom stereocenters. The van der Waals surface area contributed by atoms with Gasteiger partial charge in [0.1, 0.15) is 5.60 Å². The van der Waals surface area contributed by atoms with E-state index in [0.717, 1.165) is 6.42 Å². The fourth-order valence-corrected chi connectivity index (χ4v) is 2.22. The highest BCUT2D eigenvalue weighted by atomic mass is 16.6. The lowest BCUT2D eigenvalue weighted by Crippen LogP contribution is -2.26. The molecule has 62 valence electrons. The summed E-state index contributed by atoms with van der Waals surface area (Å²) in [6, 6.07) is 0. The number of ether oxygens (including phenoxy) is 1. The number of esters is 1. The van der Waals surface area contributed by atoms with E-state index in [4.69, 9.17) is 4.74 Å². The highest BCUT2D eigenvalue weighted by Crippen LogP contribution is 2.45. The molecule has 3 nitrogen and oxygen atoms in total. The average Bonchev–Trinajstić information content (AvgIpc) is 2.16. The lowest BCUT2D eigenvalue weighted by molar-refractivity contribution is -0.148. The van der Waals surface area contributed by atoms with Crippen LogP contribution in [0.3, 0.4) is 0 Å². The molecule has 1 saturated heterocycles. The standard InChI is InChI=1S/C8H12O3/c1-8-4-6(9)2-5(8)3-7(10)11-8/h5-6,9H,2-4H2,1H3. The van der Waals surface area contributed by atoms with Crippen LogP contribution in [0, 0.1) is 5.92 Å². The van der Waals surface area contributed by atoms with E-state index in [1.165, 1.54) is 0 Å². The van der Waals surface area contributed by atoms with Crippen LogP contribution in [0.1, 0.15) is 26.2 Å². The van der Waals surface area contributed by atoms with Gasteiger partial charge in [-0.15, -0.1) is 0 Å². The first-order valence-electron chi connectivity index (χ1n) is 4.00. The molecular formula is C8H12O3. The summed E-state index contributed by atoms with van der Waals surface area (Å²) in [4.78, 5) is 10.9. The van der Waals surface area contributed by atoms with Gasteiger partial charge in [0.15, 0.2) is 0 Å². The zero-order valence-corrected chi connectivity index (χ0v) is 6.54. The third-order valence-electron chi connectivity index (χ3n) is 2.82. The molecule has 0 aromatic carbocycles. The molecule has 1 N–H and O–H groups in total. The SMILES string of the molecule is CC12CC(O)CC1CC(=O)O2. The van der Waals surface area contributed by atoms with Crippen molar-refractivity contribution < 1.29 is 14.6 Å². The van der Waals surface area contributed by atoms with Crippen molar-refractivity contribution in [3.63, 3.8) is 0 Å². The normalized spacial score (nSPS) is 49.1. The molecule has 1 saturated carbocycles. The Bertz CT molecular complexity index is 202. The summed E-state index contributed by atoms with van der Waals surface area (Å²) >= 11 is 0. The maximum Gasteiger partial charge on any atom is 0.306 e. The molecule has 1 aliphatic heterocycles. The van der Waals surface area contributed by atoms with Gasteiger partial charge in [-0.2, -0.15) is 0 Å². The van der Waals surface area contributed by atoms with Crippen LogP contribution >= 0.6 is 0 Å². The zero-order chi connectivity index (χ0) is 8.06. The Morgan fingerprint density at radius 3 is 3.09 bits per heavy atom. The molecule has 0 spiro atoms. The molecule has 1 aliphatic carbocycles. The lowest BCUT2D eigenvalue weighted by Gasteiger charge is -2.20. The van der Waals surface area contributed by atoms with Crippen LogP contribution in [-0.4, -0.2) is 22.8 Å². The molecule has 2 fully saturated rings. The van der Waals surface area contributed by atoms with Crippen LogP contribution in [0.15, 0.2) is 0 Å². The van der Waals surface area contributed by atoms with E-state index in [-0.39, 0.29) is 23.6 Å². The smallest absolute Gasteiger partial charge is 0.306 e. The van der Waals surface area contributed by atoms with Crippen molar-refractivity contribution in [3.05, 3.63) is 0 Å². The number of rotatable bonds is 0. The number of carbonyl (C=O) groups excluding carboxylic acids is 1. The second-order valence-electron chi connectivity index (χ2n) is 3.78. The minimum absolute atomic E-state index is 0.107. The Hall–Kier alpha value is -0.570. The minimum atomic E-state index is -0.351. The minimum Gasteiger partial charge on any atom is -0.459 e. The molecule has 11 heavy (non-hydrogen) atoms. The highest BCUT2D eigenvalue weighted by molar-refractivity contribution is 5.73. The molecule has 0 bridgehead atoms. The predicted octanol–water partition coefficient (Wildman–Crippen LogP) is 0.463. The third-order valence-corrected chi connectivity index (χ3v) is 2.82. The second-order valence-corrected chi connectivity index (χ2v) is 3.78. The number of hydrogen-bond donors (Lipinski definition) is 1. The van der Waals surface area contributed by atoms with Gasteiger partial charge in [0, 0.05) is 12.3 Å². The fraction of sp³-hybridized carbons (Fsp3) is 0.875. The first-order chi connectivity index (χ1) is 5.10. The molecule has 1 heterocycles. The topological polar surface area (TPSA) is 46.5 Å². The predicted molar refractivity (Wildman–Crippen MR) is 37.8 cm³/mol. The van der Waals surface area contributed by atoms with Crippen molar-refractivity contribution >= 4 is 5.97 Å². The van der Waals surface area contributed by atoms with Gasteiger partial charge in [-0.25, -0.2) is 0 Å². The molecule has 2 aliphatic rings. The van der Waals surface area contributed by atoms with Gasteiger partial charge in [0.2, 0.25) is 0 Å². The van der Waals surface area contributed by atoms with Gasteiger partial charge >= 0.3 is 5.97 Å². The van der Waals surface area contributed by atoms with Gasteiger partial charge in [0.05, 0.1) is 12.5 Å². The summed E-state index contributed by atoms with van der Waals surface area (Å²) < 4.78 is 5.14. The van der Waals surface area contributed by atoms with E-state index in [1.807, 2.05) is 6.92 Å². The van der Waals surface area contributed by atoms with E-state index in [1.54, 1.807) is 0 Å². The summed E-state index contributed by atoms with van der Waals surface area (Å²) in [5.74, 6) is 0.148. The van der Waals surface area contributed by atoms with Gasteiger partial charge in [-0.05, 0) is 13.3 Å². The average molecular weight is 156 g/mol. The Kier molecular flexibility index (Phi) is 1.27. The number of aliphatic hydroxyl groups is 1. The van der Waals surface area contributed by atoms with E-state index in [2.05, 4.69) is 0 Å². The Labute approximate surface area is 65.4 Å². The number of hydrogen-bond acceptors (Lipinski definition) is 3. The van der Waals surface area contributed by atoms with Gasteiger partial charge in [0.25, 0.3) is 0 Å². The number of fused-ring (bicyclic) bond motifs is 1. The van der Waals surface area contributed by atoms with E-state index < -0.39 is 0 Å². The molecule has 2 rings (SSSR count). The van der Waals surface area contributed by atoms with Crippen LogP contribution < -0.4 is 0 Å². The van der Waals surface area contributed by atoms with Gasteiger partial charge in [-0.1, -0.05) is 0 Å². The van der Waals surface area contributed by atoms with Crippen molar-refractivity contribution in [1.29, 1.82) is 0 Å². The first-order valence-corrected chi connectivity index (χ1v) is 4.00. The number of carbonyl (C=O) groups is 1. The lowest BCUT2D eigenvalue weighted by atomic mass is 9.93. The van der Waals surface area contributed by atoms with Crippen LogP contribution in [0.5, 0.6) is 0 Å². The van der Waals surface area contributed by atoms with Crippen LogP contribution in [0.2, 0.25) is 0 Å². The van der Waals surface area contributed by atoms with Crippen molar-refractivity contribution in [3.8, 4) is 0 Å².